The number of allylic oxidation sites excluding steroid dienone is 1. The number of rotatable bonds is 5. The Labute approximate surface area is 344 Å². The van der Waals surface area contributed by atoms with Gasteiger partial charge in [0.1, 0.15) is 0 Å². The minimum atomic E-state index is -0.0610. The Morgan fingerprint density at radius 1 is 0.508 bits per heavy atom. The van der Waals surface area contributed by atoms with Crippen LogP contribution in [0.4, 0.5) is 11.4 Å². The first kappa shape index (κ1) is 33.9. The van der Waals surface area contributed by atoms with Gasteiger partial charge in [-0.25, -0.2) is 0 Å². The second-order valence-corrected chi connectivity index (χ2v) is 16.8. The van der Waals surface area contributed by atoms with Crippen LogP contribution in [0.25, 0.3) is 88.4 Å². The second-order valence-electron chi connectivity index (χ2n) is 16.8. The van der Waals surface area contributed by atoms with Gasteiger partial charge < -0.3 is 9.88 Å². The van der Waals surface area contributed by atoms with Gasteiger partial charge in [0.25, 0.3) is 0 Å². The first-order valence-corrected chi connectivity index (χ1v) is 20.9. The number of hydrogen-bond acceptors (Lipinski definition) is 1. The van der Waals surface area contributed by atoms with Crippen molar-refractivity contribution >= 4 is 60.7 Å². The van der Waals surface area contributed by atoms with Gasteiger partial charge in [0.05, 0.1) is 5.52 Å². The zero-order valence-corrected chi connectivity index (χ0v) is 33.3. The zero-order valence-electron chi connectivity index (χ0n) is 33.3. The van der Waals surface area contributed by atoms with E-state index in [2.05, 4.69) is 212 Å². The average Bonchev–Trinajstić information content (AvgIpc) is 3.75. The standard InChI is InChI=1S/C57H42N2/c1-57(2)50-27-12-9-23-44(50)45-33-31-38(35-51(45)57)58-52-28-13-10-24-46(52)42-21-6-5-19-40(42)37-17-15-18-39(34-37)59-53-29-14-11-26-49(53)55-54-41-20-4-3-16-36(41)30-32-47(54)43-22-7-8-25-48(43)56(55)59/h3-13,15-28,30-35,58H,14,29H2,1-2H3. The normalized spacial score (nSPS) is 13.9. The van der Waals surface area contributed by atoms with E-state index in [0.717, 1.165) is 24.2 Å². The van der Waals surface area contributed by atoms with Crippen molar-refractivity contribution in [3.8, 4) is 39.1 Å². The van der Waals surface area contributed by atoms with E-state index in [9.17, 15) is 0 Å². The summed E-state index contributed by atoms with van der Waals surface area (Å²) in [6.45, 7) is 4.69. The number of nitrogens with zero attached hydrogens (tertiary/aromatic N) is 1. The van der Waals surface area contributed by atoms with Gasteiger partial charge in [0.15, 0.2) is 0 Å². The van der Waals surface area contributed by atoms with Crippen molar-refractivity contribution in [2.24, 2.45) is 0 Å². The summed E-state index contributed by atoms with van der Waals surface area (Å²) in [5, 5.41) is 13.0. The fourth-order valence-corrected chi connectivity index (χ4v) is 10.5. The largest absolute Gasteiger partial charge is 0.355 e. The first-order valence-electron chi connectivity index (χ1n) is 20.9. The van der Waals surface area contributed by atoms with Crippen molar-refractivity contribution < 1.29 is 0 Å². The Morgan fingerprint density at radius 2 is 1.22 bits per heavy atom. The second kappa shape index (κ2) is 12.9. The third-order valence-corrected chi connectivity index (χ3v) is 13.2. The van der Waals surface area contributed by atoms with Crippen molar-refractivity contribution in [3.05, 3.63) is 204 Å². The van der Waals surface area contributed by atoms with Crippen molar-refractivity contribution in [1.29, 1.82) is 0 Å². The van der Waals surface area contributed by atoms with E-state index in [-0.39, 0.29) is 5.41 Å². The third kappa shape index (κ3) is 5.06. The molecule has 59 heavy (non-hydrogen) atoms. The van der Waals surface area contributed by atoms with E-state index in [1.54, 1.807) is 0 Å². The molecule has 0 radical (unpaired) electrons. The number of anilines is 2. The summed E-state index contributed by atoms with van der Waals surface area (Å²) < 4.78 is 2.59. The fourth-order valence-electron chi connectivity index (χ4n) is 10.5. The molecule has 2 aliphatic rings. The molecule has 0 saturated carbocycles. The molecular formula is C57H42N2. The summed E-state index contributed by atoms with van der Waals surface area (Å²) in [5.41, 5.74) is 17.6. The van der Waals surface area contributed by atoms with Gasteiger partial charge >= 0.3 is 0 Å². The predicted molar refractivity (Wildman–Crippen MR) is 251 cm³/mol. The summed E-state index contributed by atoms with van der Waals surface area (Å²) in [5.74, 6) is 0. The lowest BCUT2D eigenvalue weighted by Crippen LogP contribution is -2.15. The monoisotopic (exact) mass is 754 g/mol. The molecular weight excluding hydrogens is 713 g/mol. The molecule has 1 N–H and O–H groups in total. The molecule has 10 aromatic rings. The van der Waals surface area contributed by atoms with Crippen LogP contribution >= 0.6 is 0 Å². The van der Waals surface area contributed by atoms with Crippen LogP contribution in [0.5, 0.6) is 0 Å². The Balaban J connectivity index is 1.01. The van der Waals surface area contributed by atoms with E-state index >= 15 is 0 Å². The summed E-state index contributed by atoms with van der Waals surface area (Å²) in [4.78, 5) is 0. The summed E-state index contributed by atoms with van der Waals surface area (Å²) in [6.07, 6.45) is 6.77. The molecule has 0 amide bonds. The molecule has 280 valence electrons. The highest BCUT2D eigenvalue weighted by molar-refractivity contribution is 6.33. The van der Waals surface area contributed by atoms with Gasteiger partial charge in [-0.05, 0) is 104 Å². The van der Waals surface area contributed by atoms with E-state index in [1.165, 1.54) is 105 Å². The molecule has 0 fully saturated rings. The molecule has 0 spiro atoms. The van der Waals surface area contributed by atoms with Gasteiger partial charge in [0.2, 0.25) is 0 Å². The van der Waals surface area contributed by atoms with Gasteiger partial charge in [0, 0.05) is 55.5 Å². The number of fused-ring (bicyclic) bond motifs is 13. The van der Waals surface area contributed by atoms with Gasteiger partial charge in [-0.15, -0.1) is 0 Å². The van der Waals surface area contributed by atoms with Crippen LogP contribution in [0.3, 0.4) is 0 Å². The molecule has 2 heteroatoms. The van der Waals surface area contributed by atoms with Crippen LogP contribution in [0.1, 0.15) is 42.7 Å². The molecule has 1 aromatic heterocycles. The number of benzene rings is 9. The summed E-state index contributed by atoms with van der Waals surface area (Å²) in [6, 6.07) is 65.1. The number of para-hydroxylation sites is 1. The lowest BCUT2D eigenvalue weighted by atomic mass is 9.82. The average molecular weight is 755 g/mol. The predicted octanol–water partition coefficient (Wildman–Crippen LogP) is 15.4. The zero-order chi connectivity index (χ0) is 39.2. The number of nitrogens with one attached hydrogen (secondary N) is 1. The maximum absolute atomic E-state index is 3.87. The number of hydrogen-bond donors (Lipinski definition) is 1. The highest BCUT2D eigenvalue weighted by atomic mass is 15.0. The van der Waals surface area contributed by atoms with E-state index in [1.807, 2.05) is 0 Å². The van der Waals surface area contributed by atoms with Crippen LogP contribution in [-0.2, 0) is 11.8 Å². The molecule has 1 heterocycles. The molecule has 2 nitrogen and oxygen atoms in total. The van der Waals surface area contributed by atoms with Crippen LogP contribution in [0.15, 0.2) is 182 Å². The quantitative estimate of drug-likeness (QED) is 0.173. The molecule has 12 rings (SSSR count). The van der Waals surface area contributed by atoms with Crippen molar-refractivity contribution in [2.75, 3.05) is 5.32 Å². The molecule has 0 saturated heterocycles. The smallest absolute Gasteiger partial charge is 0.0622 e. The minimum Gasteiger partial charge on any atom is -0.355 e. The molecule has 0 bridgehead atoms. The molecule has 0 aliphatic heterocycles. The Bertz CT molecular complexity index is 3390. The lowest BCUT2D eigenvalue weighted by molar-refractivity contribution is 0.660. The minimum absolute atomic E-state index is 0.0610. The van der Waals surface area contributed by atoms with Crippen molar-refractivity contribution in [1.82, 2.24) is 4.57 Å². The number of aromatic nitrogens is 1. The molecule has 0 atom stereocenters. The van der Waals surface area contributed by atoms with Gasteiger partial charge in [-0.1, -0.05) is 172 Å². The summed E-state index contributed by atoms with van der Waals surface area (Å²) in [7, 11) is 0. The fraction of sp³-hybridized carbons (Fsp3) is 0.0877. The van der Waals surface area contributed by atoms with Crippen molar-refractivity contribution in [3.63, 3.8) is 0 Å². The maximum atomic E-state index is 3.87. The van der Waals surface area contributed by atoms with Crippen LogP contribution < -0.4 is 5.32 Å². The SMILES string of the molecule is CC1(C)c2ccccc2-c2ccc(Nc3ccccc3-c3ccccc3-c3cccc(-n4c5c(c6c7c8ccccc8ccc7c7ccccc7c64)C=CCC5)c3)cc21. The van der Waals surface area contributed by atoms with E-state index in [4.69, 9.17) is 0 Å². The first-order chi connectivity index (χ1) is 29.0. The van der Waals surface area contributed by atoms with E-state index in [0.29, 0.717) is 0 Å². The van der Waals surface area contributed by atoms with E-state index < -0.39 is 0 Å². The Morgan fingerprint density at radius 3 is 2.10 bits per heavy atom. The molecule has 2 aliphatic carbocycles. The maximum Gasteiger partial charge on any atom is 0.0622 e. The Hall–Kier alpha value is -7.16. The third-order valence-electron chi connectivity index (χ3n) is 13.2. The topological polar surface area (TPSA) is 17.0 Å². The molecule has 0 unspecified atom stereocenters. The molecule has 9 aromatic carbocycles. The van der Waals surface area contributed by atoms with Crippen LogP contribution in [0, 0.1) is 0 Å². The van der Waals surface area contributed by atoms with Crippen LogP contribution in [0.2, 0.25) is 0 Å². The highest BCUT2D eigenvalue weighted by Crippen LogP contribution is 2.50. The van der Waals surface area contributed by atoms with Gasteiger partial charge in [-0.2, -0.15) is 0 Å². The van der Waals surface area contributed by atoms with Gasteiger partial charge in [-0.3, -0.25) is 0 Å². The van der Waals surface area contributed by atoms with Crippen molar-refractivity contribution in [2.45, 2.75) is 32.1 Å². The van der Waals surface area contributed by atoms with Crippen LogP contribution in [-0.4, -0.2) is 4.57 Å². The highest BCUT2D eigenvalue weighted by Gasteiger charge is 2.35. The Kier molecular flexibility index (Phi) is 7.43. The lowest BCUT2D eigenvalue weighted by Gasteiger charge is -2.22. The summed E-state index contributed by atoms with van der Waals surface area (Å²) >= 11 is 0.